The van der Waals surface area contributed by atoms with E-state index in [2.05, 4.69) is 10.1 Å². The maximum atomic E-state index is 12.4. The van der Waals surface area contributed by atoms with Gasteiger partial charge >= 0.3 is 0 Å². The first-order chi connectivity index (χ1) is 11.8. The number of Topliss-reactive ketones (excluding diaryl/α,β-unsaturated/α-hetero) is 1. The molecule has 1 aliphatic carbocycles. The lowest BCUT2D eigenvalue weighted by atomic mass is 9.94. The molecule has 0 saturated carbocycles. The van der Waals surface area contributed by atoms with Crippen molar-refractivity contribution in [3.05, 3.63) is 71.7 Å². The van der Waals surface area contributed by atoms with Gasteiger partial charge < -0.3 is 4.74 Å². The van der Waals surface area contributed by atoms with Crippen molar-refractivity contribution in [1.29, 1.82) is 0 Å². The first kappa shape index (κ1) is 14.6. The Balaban J connectivity index is 1.71. The van der Waals surface area contributed by atoms with Crippen LogP contribution >= 0.6 is 0 Å². The van der Waals surface area contributed by atoms with Crippen molar-refractivity contribution in [3.63, 3.8) is 0 Å². The summed E-state index contributed by atoms with van der Waals surface area (Å²) in [7, 11) is 0. The first-order valence-electron chi connectivity index (χ1n) is 8.06. The second-order valence-electron chi connectivity index (χ2n) is 5.75. The molecule has 5 nitrogen and oxygen atoms in total. The molecule has 0 bridgehead atoms. The number of ketones is 1. The maximum absolute atomic E-state index is 12.4. The van der Waals surface area contributed by atoms with Crippen molar-refractivity contribution >= 4 is 5.78 Å². The molecule has 0 amide bonds. The van der Waals surface area contributed by atoms with Gasteiger partial charge in [-0.05, 0) is 37.1 Å². The van der Waals surface area contributed by atoms with E-state index < -0.39 is 0 Å². The van der Waals surface area contributed by atoms with E-state index in [0.717, 1.165) is 30.1 Å². The highest BCUT2D eigenvalue weighted by atomic mass is 16.5. The Labute approximate surface area is 139 Å². The van der Waals surface area contributed by atoms with E-state index in [4.69, 9.17) is 4.74 Å². The van der Waals surface area contributed by atoms with E-state index in [0.29, 0.717) is 17.7 Å². The Morgan fingerprint density at radius 1 is 1.04 bits per heavy atom. The molecule has 2 heterocycles. The number of nitrogens with zero attached hydrogens (tertiary/aromatic N) is 3. The average Bonchev–Trinajstić information content (AvgIpc) is 3.02. The minimum absolute atomic E-state index is 0.144. The van der Waals surface area contributed by atoms with E-state index in [1.165, 1.54) is 0 Å². The number of pyridine rings is 1. The van der Waals surface area contributed by atoms with Gasteiger partial charge in [0.2, 0.25) is 0 Å². The van der Waals surface area contributed by atoms with E-state index in [9.17, 15) is 4.79 Å². The summed E-state index contributed by atoms with van der Waals surface area (Å²) in [5, 5.41) is 4.64. The van der Waals surface area contributed by atoms with Crippen molar-refractivity contribution in [3.8, 4) is 11.6 Å². The van der Waals surface area contributed by atoms with Crippen LogP contribution in [0.4, 0.5) is 0 Å². The highest BCUT2D eigenvalue weighted by Gasteiger charge is 2.28. The summed E-state index contributed by atoms with van der Waals surface area (Å²) in [4.78, 5) is 16.8. The minimum Gasteiger partial charge on any atom is -0.487 e. The Kier molecular flexibility index (Phi) is 3.83. The van der Waals surface area contributed by atoms with Crippen LogP contribution in [0.5, 0.6) is 5.75 Å². The number of carbonyl (C=O) groups is 1. The molecule has 1 aromatic carbocycles. The number of fused-ring (bicyclic) bond motifs is 1. The van der Waals surface area contributed by atoms with Gasteiger partial charge in [-0.3, -0.25) is 4.79 Å². The van der Waals surface area contributed by atoms with Crippen LogP contribution in [0.1, 0.15) is 34.6 Å². The van der Waals surface area contributed by atoms with Crippen LogP contribution in [-0.2, 0) is 13.0 Å². The summed E-state index contributed by atoms with van der Waals surface area (Å²) in [6.07, 6.45) is 3.98. The molecule has 3 aromatic rings. The van der Waals surface area contributed by atoms with E-state index in [1.807, 2.05) is 48.5 Å². The smallest absolute Gasteiger partial charge is 0.166 e. The van der Waals surface area contributed by atoms with Crippen LogP contribution in [0.2, 0.25) is 0 Å². The maximum Gasteiger partial charge on any atom is 0.166 e. The van der Waals surface area contributed by atoms with E-state index in [-0.39, 0.29) is 12.4 Å². The highest BCUT2D eigenvalue weighted by Crippen LogP contribution is 2.27. The summed E-state index contributed by atoms with van der Waals surface area (Å²) in [5.41, 5.74) is 2.34. The van der Waals surface area contributed by atoms with Gasteiger partial charge in [-0.25, -0.2) is 9.67 Å². The van der Waals surface area contributed by atoms with E-state index in [1.54, 1.807) is 10.9 Å². The van der Waals surface area contributed by atoms with Crippen LogP contribution in [-0.4, -0.2) is 20.5 Å². The molecule has 2 aromatic heterocycles. The number of hydrogen-bond donors (Lipinski definition) is 0. The van der Waals surface area contributed by atoms with Crippen molar-refractivity contribution in [2.24, 2.45) is 0 Å². The van der Waals surface area contributed by atoms with Crippen molar-refractivity contribution < 1.29 is 9.53 Å². The molecule has 120 valence electrons. The predicted molar refractivity (Wildman–Crippen MR) is 89.4 cm³/mol. The van der Waals surface area contributed by atoms with Crippen LogP contribution in [0.25, 0.3) is 5.82 Å². The summed E-state index contributed by atoms with van der Waals surface area (Å²) < 4.78 is 7.59. The monoisotopic (exact) mass is 319 g/mol. The van der Waals surface area contributed by atoms with Crippen molar-refractivity contribution in [2.45, 2.75) is 25.9 Å². The number of rotatable bonds is 4. The number of benzene rings is 1. The largest absolute Gasteiger partial charge is 0.487 e. The minimum atomic E-state index is 0.144. The topological polar surface area (TPSA) is 57.0 Å². The molecule has 0 unspecified atom stereocenters. The van der Waals surface area contributed by atoms with Gasteiger partial charge in [0.25, 0.3) is 0 Å². The normalized spacial score (nSPS) is 13.6. The third-order valence-corrected chi connectivity index (χ3v) is 4.13. The zero-order chi connectivity index (χ0) is 16.4. The number of aromatic nitrogens is 3. The molecular weight excluding hydrogens is 302 g/mol. The highest BCUT2D eigenvalue weighted by molar-refractivity contribution is 5.99. The zero-order valence-electron chi connectivity index (χ0n) is 13.2. The predicted octanol–water partition coefficient (Wildman–Crippen LogP) is 3.37. The number of ether oxygens (including phenoxy) is 1. The molecule has 0 atom stereocenters. The van der Waals surface area contributed by atoms with Crippen LogP contribution in [0, 0.1) is 0 Å². The molecule has 0 N–H and O–H groups in total. The third-order valence-electron chi connectivity index (χ3n) is 4.13. The quantitative estimate of drug-likeness (QED) is 0.740. The molecule has 1 aliphatic rings. The summed E-state index contributed by atoms with van der Waals surface area (Å²) in [5.74, 6) is 1.64. The molecule has 0 radical (unpaired) electrons. The molecular formula is C19H17N3O2. The summed E-state index contributed by atoms with van der Waals surface area (Å²) in [6, 6.07) is 15.2. The molecule has 0 aliphatic heterocycles. The Morgan fingerprint density at radius 2 is 1.88 bits per heavy atom. The Hall–Kier alpha value is -2.95. The second-order valence-corrected chi connectivity index (χ2v) is 5.75. The number of hydrogen-bond acceptors (Lipinski definition) is 4. The molecule has 5 heteroatoms. The zero-order valence-corrected chi connectivity index (χ0v) is 13.2. The standard InChI is InChI=1S/C19H17N3O2/c23-17-10-6-9-16-19(17)15(13-24-14-7-2-1-3-8-14)21-22(16)18-11-4-5-12-20-18/h1-5,7-8,11-12H,6,9-10,13H2. The van der Waals surface area contributed by atoms with Crippen LogP contribution in [0.15, 0.2) is 54.7 Å². The molecule has 24 heavy (non-hydrogen) atoms. The SMILES string of the molecule is O=C1CCCc2c1c(COc1ccccc1)nn2-c1ccccn1. The molecule has 0 saturated heterocycles. The molecule has 4 rings (SSSR count). The van der Waals surface area contributed by atoms with Gasteiger partial charge in [-0.2, -0.15) is 5.10 Å². The van der Waals surface area contributed by atoms with Gasteiger partial charge in [0.1, 0.15) is 18.1 Å². The Morgan fingerprint density at radius 3 is 2.67 bits per heavy atom. The number of carbonyl (C=O) groups excluding carboxylic acids is 1. The van der Waals surface area contributed by atoms with Crippen molar-refractivity contribution in [2.75, 3.05) is 0 Å². The fourth-order valence-corrected chi connectivity index (χ4v) is 3.04. The molecule has 0 spiro atoms. The van der Waals surface area contributed by atoms with E-state index >= 15 is 0 Å². The summed E-state index contributed by atoms with van der Waals surface area (Å²) in [6.45, 7) is 0.276. The lowest BCUT2D eigenvalue weighted by Gasteiger charge is -2.13. The Bertz CT molecular complexity index is 857. The van der Waals surface area contributed by atoms with Crippen LogP contribution in [0.3, 0.4) is 0 Å². The lowest BCUT2D eigenvalue weighted by Crippen LogP contribution is -2.14. The fourth-order valence-electron chi connectivity index (χ4n) is 3.04. The first-order valence-corrected chi connectivity index (χ1v) is 8.06. The lowest BCUT2D eigenvalue weighted by molar-refractivity contribution is 0.0969. The van der Waals surface area contributed by atoms with Gasteiger partial charge in [0.05, 0.1) is 11.3 Å². The molecule has 0 fully saturated rings. The number of para-hydroxylation sites is 1. The van der Waals surface area contributed by atoms with Gasteiger partial charge in [-0.15, -0.1) is 0 Å². The van der Waals surface area contributed by atoms with Crippen LogP contribution < -0.4 is 4.74 Å². The van der Waals surface area contributed by atoms with Crippen molar-refractivity contribution in [1.82, 2.24) is 14.8 Å². The third kappa shape index (κ3) is 2.69. The fraction of sp³-hybridized carbons (Fsp3) is 0.211. The average molecular weight is 319 g/mol. The van der Waals surface area contributed by atoms with Gasteiger partial charge in [0, 0.05) is 12.6 Å². The van der Waals surface area contributed by atoms with Gasteiger partial charge in [0.15, 0.2) is 11.6 Å². The second kappa shape index (κ2) is 6.28. The van der Waals surface area contributed by atoms with Gasteiger partial charge in [-0.1, -0.05) is 24.3 Å². The summed E-state index contributed by atoms with van der Waals surface area (Å²) >= 11 is 0.